The molecule has 0 spiro atoms. The number of guanidine groups is 1. The highest BCUT2D eigenvalue weighted by molar-refractivity contribution is 5.94. The molecule has 0 saturated carbocycles. The highest BCUT2D eigenvalue weighted by Gasteiger charge is 2.19. The molecule has 1 heterocycles. The summed E-state index contributed by atoms with van der Waals surface area (Å²) < 4.78 is 0. The molecule has 0 bridgehead atoms. The third-order valence-electron chi connectivity index (χ3n) is 5.10. The lowest BCUT2D eigenvalue weighted by atomic mass is 10.0. The van der Waals surface area contributed by atoms with E-state index in [0.717, 1.165) is 24.5 Å². The van der Waals surface area contributed by atoms with Crippen molar-refractivity contribution in [2.75, 3.05) is 40.3 Å². The normalized spacial score (nSPS) is 16.2. The highest BCUT2D eigenvalue weighted by Crippen LogP contribution is 2.11. The summed E-state index contributed by atoms with van der Waals surface area (Å²) in [6.45, 7) is 6.60. The number of amides is 1. The molecule has 0 aromatic heterocycles. The van der Waals surface area contributed by atoms with Crippen molar-refractivity contribution in [2.45, 2.75) is 45.1 Å². The Morgan fingerprint density at radius 3 is 2.74 bits per heavy atom. The SMILES string of the molecule is CCCCN1CCC(NC(=NC)NCCc2cccc(C(=O)NC)c2)CC1. The first-order chi connectivity index (χ1) is 13.2. The van der Waals surface area contributed by atoms with Crippen LogP contribution in [0.4, 0.5) is 0 Å². The Morgan fingerprint density at radius 1 is 1.30 bits per heavy atom. The van der Waals surface area contributed by atoms with Gasteiger partial charge in [0.1, 0.15) is 0 Å². The quantitative estimate of drug-likeness (QED) is 0.482. The molecule has 0 atom stereocenters. The fourth-order valence-corrected chi connectivity index (χ4v) is 3.41. The Hall–Kier alpha value is -2.08. The molecular weight excluding hydrogens is 338 g/mol. The smallest absolute Gasteiger partial charge is 0.251 e. The van der Waals surface area contributed by atoms with Crippen LogP contribution in [0.3, 0.4) is 0 Å². The van der Waals surface area contributed by atoms with Crippen LogP contribution < -0.4 is 16.0 Å². The standard InChI is InChI=1S/C21H35N5O/c1-4-5-13-26-14-10-19(11-15-26)25-21(23-3)24-12-9-17-7-6-8-18(16-17)20(27)22-2/h6-8,16,19H,4-5,9-15H2,1-3H3,(H,22,27)(H2,23,24,25). The number of unbranched alkanes of at least 4 members (excludes halogenated alkanes) is 1. The van der Waals surface area contributed by atoms with E-state index >= 15 is 0 Å². The van der Waals surface area contributed by atoms with Gasteiger partial charge in [0, 0.05) is 45.3 Å². The van der Waals surface area contributed by atoms with Crippen molar-refractivity contribution in [3.63, 3.8) is 0 Å². The van der Waals surface area contributed by atoms with E-state index in [1.54, 1.807) is 7.05 Å². The number of aliphatic imine (C=N–C) groups is 1. The molecular formula is C21H35N5O. The molecule has 1 saturated heterocycles. The van der Waals surface area contributed by atoms with Gasteiger partial charge in [0.05, 0.1) is 0 Å². The van der Waals surface area contributed by atoms with Gasteiger partial charge in [-0.2, -0.15) is 0 Å². The summed E-state index contributed by atoms with van der Waals surface area (Å²) in [5.74, 6) is 0.817. The maximum Gasteiger partial charge on any atom is 0.251 e. The zero-order valence-corrected chi connectivity index (χ0v) is 17.1. The third-order valence-corrected chi connectivity index (χ3v) is 5.10. The van der Waals surface area contributed by atoms with E-state index in [0.29, 0.717) is 11.6 Å². The van der Waals surface area contributed by atoms with Gasteiger partial charge in [-0.1, -0.05) is 25.5 Å². The van der Waals surface area contributed by atoms with Crippen LogP contribution in [0.1, 0.15) is 48.5 Å². The minimum absolute atomic E-state index is 0.0486. The van der Waals surface area contributed by atoms with E-state index < -0.39 is 0 Å². The number of benzene rings is 1. The first-order valence-electron chi connectivity index (χ1n) is 10.2. The lowest BCUT2D eigenvalue weighted by molar-refractivity contribution is 0.0963. The van der Waals surface area contributed by atoms with Crippen LogP contribution in [0, 0.1) is 0 Å². The van der Waals surface area contributed by atoms with Gasteiger partial charge < -0.3 is 20.9 Å². The zero-order valence-electron chi connectivity index (χ0n) is 17.1. The maximum absolute atomic E-state index is 11.7. The third kappa shape index (κ3) is 7.21. The number of nitrogens with one attached hydrogen (secondary N) is 3. The molecule has 0 unspecified atom stereocenters. The number of likely N-dealkylation sites (tertiary alicyclic amines) is 1. The lowest BCUT2D eigenvalue weighted by Gasteiger charge is -2.33. The molecule has 2 rings (SSSR count). The molecule has 1 aromatic rings. The Labute approximate surface area is 163 Å². The molecule has 3 N–H and O–H groups in total. The van der Waals surface area contributed by atoms with Gasteiger partial charge in [0.2, 0.25) is 0 Å². The second-order valence-corrected chi connectivity index (χ2v) is 7.14. The van der Waals surface area contributed by atoms with E-state index in [4.69, 9.17) is 0 Å². The van der Waals surface area contributed by atoms with E-state index in [9.17, 15) is 4.79 Å². The second kappa shape index (κ2) is 11.6. The highest BCUT2D eigenvalue weighted by atomic mass is 16.1. The minimum atomic E-state index is -0.0486. The average Bonchev–Trinajstić information content (AvgIpc) is 2.72. The molecule has 1 aliphatic heterocycles. The van der Waals surface area contributed by atoms with E-state index in [-0.39, 0.29) is 5.91 Å². The minimum Gasteiger partial charge on any atom is -0.356 e. The topological polar surface area (TPSA) is 68.8 Å². The van der Waals surface area contributed by atoms with Crippen LogP contribution in [0.5, 0.6) is 0 Å². The molecule has 1 amide bonds. The fourth-order valence-electron chi connectivity index (χ4n) is 3.41. The molecule has 0 aliphatic carbocycles. The van der Waals surface area contributed by atoms with Crippen LogP contribution in [-0.4, -0.2) is 63.1 Å². The monoisotopic (exact) mass is 373 g/mol. The van der Waals surface area contributed by atoms with E-state index in [2.05, 4.69) is 38.8 Å². The Bertz CT molecular complexity index is 608. The maximum atomic E-state index is 11.7. The summed E-state index contributed by atoms with van der Waals surface area (Å²) in [5.41, 5.74) is 1.84. The van der Waals surface area contributed by atoms with Crippen LogP contribution in [-0.2, 0) is 6.42 Å². The summed E-state index contributed by atoms with van der Waals surface area (Å²) in [5, 5.41) is 9.62. The van der Waals surface area contributed by atoms with Gasteiger partial charge in [-0.25, -0.2) is 0 Å². The molecule has 6 nitrogen and oxygen atoms in total. The summed E-state index contributed by atoms with van der Waals surface area (Å²) in [4.78, 5) is 18.7. The number of carbonyl (C=O) groups excluding carboxylic acids is 1. The average molecular weight is 374 g/mol. The van der Waals surface area contributed by atoms with Gasteiger partial charge in [0.25, 0.3) is 5.91 Å². The summed E-state index contributed by atoms with van der Waals surface area (Å²) in [6.07, 6.45) is 5.74. The van der Waals surface area contributed by atoms with Crippen molar-refractivity contribution in [1.29, 1.82) is 0 Å². The fraction of sp³-hybridized carbons (Fsp3) is 0.619. The van der Waals surface area contributed by atoms with Crippen molar-refractivity contribution < 1.29 is 4.79 Å². The van der Waals surface area contributed by atoms with Crippen molar-refractivity contribution in [3.8, 4) is 0 Å². The molecule has 0 radical (unpaired) electrons. The molecule has 6 heteroatoms. The van der Waals surface area contributed by atoms with Crippen LogP contribution >= 0.6 is 0 Å². The van der Waals surface area contributed by atoms with E-state index in [1.807, 2.05) is 25.2 Å². The number of hydrogen-bond acceptors (Lipinski definition) is 3. The largest absolute Gasteiger partial charge is 0.356 e. The van der Waals surface area contributed by atoms with Crippen molar-refractivity contribution in [1.82, 2.24) is 20.9 Å². The Morgan fingerprint density at radius 2 is 2.07 bits per heavy atom. The molecule has 1 fully saturated rings. The Balaban J connectivity index is 1.73. The van der Waals surface area contributed by atoms with E-state index in [1.165, 1.54) is 45.3 Å². The van der Waals surface area contributed by atoms with Crippen LogP contribution in [0.2, 0.25) is 0 Å². The predicted molar refractivity (Wildman–Crippen MR) is 112 cm³/mol. The van der Waals surface area contributed by atoms with Gasteiger partial charge in [-0.3, -0.25) is 9.79 Å². The second-order valence-electron chi connectivity index (χ2n) is 7.14. The lowest BCUT2D eigenvalue weighted by Crippen LogP contribution is -2.49. The molecule has 1 aliphatic rings. The van der Waals surface area contributed by atoms with Crippen molar-refractivity contribution >= 4 is 11.9 Å². The number of carbonyl (C=O) groups is 1. The first-order valence-corrected chi connectivity index (χ1v) is 10.2. The summed E-state index contributed by atoms with van der Waals surface area (Å²) in [7, 11) is 3.47. The summed E-state index contributed by atoms with van der Waals surface area (Å²) in [6, 6.07) is 8.26. The number of hydrogen-bond donors (Lipinski definition) is 3. The predicted octanol–water partition coefficient (Wildman–Crippen LogP) is 2.02. The van der Waals surface area contributed by atoms with Gasteiger partial charge in [-0.15, -0.1) is 0 Å². The molecule has 150 valence electrons. The summed E-state index contributed by atoms with van der Waals surface area (Å²) >= 11 is 0. The first kappa shape index (κ1) is 21.2. The van der Waals surface area contributed by atoms with Crippen LogP contribution in [0.15, 0.2) is 29.3 Å². The number of rotatable bonds is 8. The molecule has 1 aromatic carbocycles. The van der Waals surface area contributed by atoms with Gasteiger partial charge >= 0.3 is 0 Å². The van der Waals surface area contributed by atoms with Gasteiger partial charge in [0.15, 0.2) is 5.96 Å². The van der Waals surface area contributed by atoms with Crippen LogP contribution in [0.25, 0.3) is 0 Å². The Kier molecular flexibility index (Phi) is 9.11. The van der Waals surface area contributed by atoms with Crippen molar-refractivity contribution in [3.05, 3.63) is 35.4 Å². The number of piperidine rings is 1. The van der Waals surface area contributed by atoms with Crippen molar-refractivity contribution in [2.24, 2.45) is 4.99 Å². The van der Waals surface area contributed by atoms with Gasteiger partial charge in [-0.05, 0) is 49.9 Å². The molecule has 27 heavy (non-hydrogen) atoms. The number of nitrogens with zero attached hydrogens (tertiary/aromatic N) is 2. The zero-order chi connectivity index (χ0) is 19.5.